The third-order valence-electron chi connectivity index (χ3n) is 3.31. The summed E-state index contributed by atoms with van der Waals surface area (Å²) in [6.45, 7) is 1.67. The lowest BCUT2D eigenvalue weighted by atomic mass is 10.1. The standard InChI is InChI=1S/C17H14Cl2F3NO2/c1-2-14(25-15-6-4-3-5-12(15)19)16(24)23-13-8-7-10(18)9-11(13)17(20,21)22/h3-9,14H,2H2,1H3,(H,23,24)/t14-/m0/s1. The van der Waals surface area contributed by atoms with E-state index < -0.39 is 23.8 Å². The second kappa shape index (κ2) is 7.97. The van der Waals surface area contributed by atoms with E-state index in [2.05, 4.69) is 5.32 Å². The lowest BCUT2D eigenvalue weighted by molar-refractivity contribution is -0.137. The molecule has 2 aromatic rings. The van der Waals surface area contributed by atoms with Gasteiger partial charge in [-0.25, -0.2) is 0 Å². The Labute approximate surface area is 152 Å². The second-order valence-electron chi connectivity index (χ2n) is 5.12. The van der Waals surface area contributed by atoms with Crippen LogP contribution in [-0.4, -0.2) is 12.0 Å². The third-order valence-corrected chi connectivity index (χ3v) is 3.86. The highest BCUT2D eigenvalue weighted by atomic mass is 35.5. The van der Waals surface area contributed by atoms with Crippen molar-refractivity contribution in [2.24, 2.45) is 0 Å². The normalized spacial score (nSPS) is 12.6. The van der Waals surface area contributed by atoms with Gasteiger partial charge in [0.25, 0.3) is 5.91 Å². The van der Waals surface area contributed by atoms with Crippen LogP contribution < -0.4 is 10.1 Å². The molecule has 2 rings (SSSR count). The Bertz CT molecular complexity index is 766. The van der Waals surface area contributed by atoms with Crippen molar-refractivity contribution in [1.29, 1.82) is 0 Å². The van der Waals surface area contributed by atoms with Crippen LogP contribution in [0.4, 0.5) is 18.9 Å². The number of alkyl halides is 3. The van der Waals surface area contributed by atoms with Crippen molar-refractivity contribution in [1.82, 2.24) is 0 Å². The molecule has 8 heteroatoms. The maximum absolute atomic E-state index is 13.1. The SMILES string of the molecule is CC[C@H](Oc1ccccc1Cl)C(=O)Nc1ccc(Cl)cc1C(F)(F)F. The molecule has 0 saturated carbocycles. The van der Waals surface area contributed by atoms with E-state index in [1.54, 1.807) is 31.2 Å². The summed E-state index contributed by atoms with van der Waals surface area (Å²) in [5, 5.41) is 2.47. The van der Waals surface area contributed by atoms with Gasteiger partial charge in [0.15, 0.2) is 6.10 Å². The quantitative estimate of drug-likeness (QED) is 0.698. The number of hydrogen-bond acceptors (Lipinski definition) is 2. The highest BCUT2D eigenvalue weighted by molar-refractivity contribution is 6.32. The molecule has 0 heterocycles. The summed E-state index contributed by atoms with van der Waals surface area (Å²) in [6, 6.07) is 9.65. The first-order valence-corrected chi connectivity index (χ1v) is 8.06. The molecule has 134 valence electrons. The molecule has 3 nitrogen and oxygen atoms in total. The summed E-state index contributed by atoms with van der Waals surface area (Å²) < 4.78 is 44.8. The topological polar surface area (TPSA) is 38.3 Å². The minimum atomic E-state index is -4.65. The van der Waals surface area contributed by atoms with Crippen LogP contribution in [0.3, 0.4) is 0 Å². The third kappa shape index (κ3) is 5.03. The smallest absolute Gasteiger partial charge is 0.418 e. The van der Waals surface area contributed by atoms with Crippen LogP contribution in [0.5, 0.6) is 5.75 Å². The minimum absolute atomic E-state index is 0.0790. The van der Waals surface area contributed by atoms with E-state index in [9.17, 15) is 18.0 Å². The Kier molecular flexibility index (Phi) is 6.19. The molecular weight excluding hydrogens is 378 g/mol. The number of benzene rings is 2. The Hall–Kier alpha value is -1.92. The molecule has 0 aliphatic heterocycles. The largest absolute Gasteiger partial charge is 0.479 e. The van der Waals surface area contributed by atoms with E-state index in [-0.39, 0.29) is 22.9 Å². The Morgan fingerprint density at radius 2 is 1.88 bits per heavy atom. The number of amides is 1. The fourth-order valence-corrected chi connectivity index (χ4v) is 2.44. The van der Waals surface area contributed by atoms with Gasteiger partial charge in [0.1, 0.15) is 5.75 Å². The molecule has 0 unspecified atom stereocenters. The lowest BCUT2D eigenvalue weighted by Gasteiger charge is -2.20. The maximum Gasteiger partial charge on any atom is 0.418 e. The number of carbonyl (C=O) groups is 1. The first-order chi connectivity index (χ1) is 11.7. The summed E-state index contributed by atoms with van der Waals surface area (Å²) in [5.74, 6) is -0.437. The number of para-hydroxylation sites is 1. The molecule has 0 spiro atoms. The highest BCUT2D eigenvalue weighted by Gasteiger charge is 2.34. The molecule has 0 aromatic heterocycles. The Morgan fingerprint density at radius 1 is 1.20 bits per heavy atom. The van der Waals surface area contributed by atoms with Crippen LogP contribution in [0, 0.1) is 0 Å². The van der Waals surface area contributed by atoms with Crippen LogP contribution in [-0.2, 0) is 11.0 Å². The maximum atomic E-state index is 13.1. The molecule has 0 radical (unpaired) electrons. The monoisotopic (exact) mass is 391 g/mol. The van der Waals surface area contributed by atoms with Crippen molar-refractivity contribution < 1.29 is 22.7 Å². The van der Waals surface area contributed by atoms with E-state index in [0.29, 0.717) is 5.02 Å². The molecule has 0 aliphatic carbocycles. The zero-order valence-corrected chi connectivity index (χ0v) is 14.5. The minimum Gasteiger partial charge on any atom is -0.479 e. The number of nitrogens with one attached hydrogen (secondary N) is 1. The number of halogens is 5. The van der Waals surface area contributed by atoms with E-state index >= 15 is 0 Å². The lowest BCUT2D eigenvalue weighted by Crippen LogP contribution is -2.33. The highest BCUT2D eigenvalue weighted by Crippen LogP contribution is 2.36. The predicted octanol–water partition coefficient (Wildman–Crippen LogP) is 5.81. The predicted molar refractivity (Wildman–Crippen MR) is 91.2 cm³/mol. The van der Waals surface area contributed by atoms with Gasteiger partial charge in [0.05, 0.1) is 16.3 Å². The average Bonchev–Trinajstić information content (AvgIpc) is 2.54. The summed E-state index contributed by atoms with van der Waals surface area (Å²) in [6.07, 6.45) is -5.41. The molecule has 2 aromatic carbocycles. The average molecular weight is 392 g/mol. The molecule has 0 saturated heterocycles. The number of rotatable bonds is 5. The first-order valence-electron chi connectivity index (χ1n) is 7.31. The molecule has 0 aliphatic rings. The summed E-state index contributed by atoms with van der Waals surface area (Å²) in [7, 11) is 0. The van der Waals surface area contributed by atoms with Crippen LogP contribution >= 0.6 is 23.2 Å². The molecule has 0 fully saturated rings. The number of anilines is 1. The van der Waals surface area contributed by atoms with Gasteiger partial charge in [-0.3, -0.25) is 4.79 Å². The second-order valence-corrected chi connectivity index (χ2v) is 5.97. The molecular formula is C17H14Cl2F3NO2. The van der Waals surface area contributed by atoms with Crippen LogP contribution in [0.15, 0.2) is 42.5 Å². The number of carbonyl (C=O) groups excluding carboxylic acids is 1. The van der Waals surface area contributed by atoms with Gasteiger partial charge < -0.3 is 10.1 Å². The van der Waals surface area contributed by atoms with E-state index in [1.165, 1.54) is 6.07 Å². The fourth-order valence-electron chi connectivity index (χ4n) is 2.09. The van der Waals surface area contributed by atoms with Crippen LogP contribution in [0.1, 0.15) is 18.9 Å². The van der Waals surface area contributed by atoms with Crippen LogP contribution in [0.25, 0.3) is 0 Å². The Morgan fingerprint density at radius 3 is 2.48 bits per heavy atom. The summed E-state index contributed by atoms with van der Waals surface area (Å²) >= 11 is 11.6. The van der Waals surface area contributed by atoms with Gasteiger partial charge in [0.2, 0.25) is 0 Å². The molecule has 25 heavy (non-hydrogen) atoms. The van der Waals surface area contributed by atoms with Gasteiger partial charge in [-0.1, -0.05) is 42.3 Å². The van der Waals surface area contributed by atoms with Crippen molar-refractivity contribution in [2.45, 2.75) is 25.6 Å². The van der Waals surface area contributed by atoms with E-state index in [4.69, 9.17) is 27.9 Å². The zero-order valence-electron chi connectivity index (χ0n) is 13.0. The summed E-state index contributed by atoms with van der Waals surface area (Å²) in [5.41, 5.74) is -1.41. The van der Waals surface area contributed by atoms with Gasteiger partial charge in [0, 0.05) is 5.02 Å². The number of hydrogen-bond donors (Lipinski definition) is 1. The first kappa shape index (κ1) is 19.4. The van der Waals surface area contributed by atoms with E-state index in [0.717, 1.165) is 12.1 Å². The van der Waals surface area contributed by atoms with Gasteiger partial charge in [-0.05, 0) is 36.8 Å². The Balaban J connectivity index is 2.22. The fraction of sp³-hybridized carbons (Fsp3) is 0.235. The molecule has 1 atom stereocenters. The van der Waals surface area contributed by atoms with Gasteiger partial charge in [-0.2, -0.15) is 13.2 Å². The molecule has 1 amide bonds. The summed E-state index contributed by atoms with van der Waals surface area (Å²) in [4.78, 5) is 12.3. The van der Waals surface area contributed by atoms with Crippen molar-refractivity contribution in [3.63, 3.8) is 0 Å². The van der Waals surface area contributed by atoms with Crippen molar-refractivity contribution in [2.75, 3.05) is 5.32 Å². The van der Waals surface area contributed by atoms with Gasteiger partial charge >= 0.3 is 6.18 Å². The number of ether oxygens (including phenoxy) is 1. The van der Waals surface area contributed by atoms with Crippen LogP contribution in [0.2, 0.25) is 10.0 Å². The van der Waals surface area contributed by atoms with Gasteiger partial charge in [-0.15, -0.1) is 0 Å². The van der Waals surface area contributed by atoms with Crippen molar-refractivity contribution in [3.05, 3.63) is 58.1 Å². The molecule has 0 bridgehead atoms. The van der Waals surface area contributed by atoms with Crippen molar-refractivity contribution in [3.8, 4) is 5.75 Å². The zero-order chi connectivity index (χ0) is 18.6. The van der Waals surface area contributed by atoms with E-state index in [1.807, 2.05) is 0 Å². The van der Waals surface area contributed by atoms with Crippen molar-refractivity contribution >= 4 is 34.8 Å². The molecule has 1 N–H and O–H groups in total.